The number of phenols is 1. The Hall–Kier alpha value is -1.88. The Morgan fingerprint density at radius 2 is 1.85 bits per heavy atom. The molecule has 4 heteroatoms. The van der Waals surface area contributed by atoms with Crippen molar-refractivity contribution >= 4 is 0 Å². The highest BCUT2D eigenvalue weighted by atomic mass is 16.5. The maximum atomic E-state index is 10.6. The molecule has 0 spiro atoms. The molecule has 27 heavy (non-hydrogen) atoms. The van der Waals surface area contributed by atoms with E-state index in [1.165, 1.54) is 5.56 Å². The Labute approximate surface area is 161 Å². The number of hydrogen-bond acceptors (Lipinski definition) is 4. The second-order valence-corrected chi connectivity index (χ2v) is 8.00. The topological polar surface area (TPSA) is 58.7 Å². The minimum atomic E-state index is -0.104. The summed E-state index contributed by atoms with van der Waals surface area (Å²) < 4.78 is 6.40. The number of nitrogens with two attached hydrogens (primary N) is 1. The number of likely N-dealkylation sites (tertiary alicyclic amines) is 1. The molecule has 0 unspecified atom stereocenters. The summed E-state index contributed by atoms with van der Waals surface area (Å²) in [5.41, 5.74) is 10.4. The van der Waals surface area contributed by atoms with Crippen molar-refractivity contribution in [2.45, 2.75) is 44.9 Å². The van der Waals surface area contributed by atoms with Gasteiger partial charge in [0.2, 0.25) is 0 Å². The minimum Gasteiger partial charge on any atom is -0.507 e. The summed E-state index contributed by atoms with van der Waals surface area (Å²) in [6.45, 7) is 5.63. The third kappa shape index (κ3) is 3.88. The highest BCUT2D eigenvalue weighted by Crippen LogP contribution is 2.40. The molecule has 0 radical (unpaired) electrons. The molecule has 2 aliphatic heterocycles. The first kappa shape index (κ1) is 18.5. The minimum absolute atomic E-state index is 0.104. The number of nitrogens with zero attached hydrogens (tertiary/aromatic N) is 1. The van der Waals surface area contributed by atoms with Crippen molar-refractivity contribution in [3.8, 4) is 5.75 Å². The lowest BCUT2D eigenvalue weighted by atomic mass is 9.83. The van der Waals surface area contributed by atoms with Crippen LogP contribution in [0.5, 0.6) is 5.75 Å². The molecule has 0 aliphatic carbocycles. The van der Waals surface area contributed by atoms with E-state index in [1.807, 2.05) is 13.0 Å². The summed E-state index contributed by atoms with van der Waals surface area (Å²) in [7, 11) is 0. The van der Waals surface area contributed by atoms with Gasteiger partial charge in [0.1, 0.15) is 5.75 Å². The third-order valence-corrected chi connectivity index (χ3v) is 6.23. The summed E-state index contributed by atoms with van der Waals surface area (Å²) >= 11 is 0. The number of ether oxygens (including phenoxy) is 1. The van der Waals surface area contributed by atoms with Crippen molar-refractivity contribution in [3.63, 3.8) is 0 Å². The Morgan fingerprint density at radius 3 is 2.56 bits per heavy atom. The van der Waals surface area contributed by atoms with Crippen LogP contribution in [0.15, 0.2) is 42.5 Å². The Balaban J connectivity index is 1.42. The number of aryl methyl sites for hydroxylation is 1. The van der Waals surface area contributed by atoms with Crippen molar-refractivity contribution < 1.29 is 9.84 Å². The SMILES string of the molecule is Cc1ccc2c(c1O)C[C@@H](C1CCN(Cc3ccccc3)CC1)O[C@H]2CN. The van der Waals surface area contributed by atoms with Gasteiger partial charge in [0.15, 0.2) is 0 Å². The maximum Gasteiger partial charge on any atom is 0.122 e. The number of phenolic OH excluding ortho intramolecular Hbond substituents is 1. The summed E-state index contributed by atoms with van der Waals surface area (Å²) in [6.07, 6.45) is 3.11. The molecule has 0 bridgehead atoms. The van der Waals surface area contributed by atoms with Gasteiger partial charge in [-0.05, 0) is 55.5 Å². The predicted octanol–water partition coefficient (Wildman–Crippen LogP) is 3.55. The zero-order valence-corrected chi connectivity index (χ0v) is 16.1. The first-order chi connectivity index (χ1) is 13.2. The number of piperidine rings is 1. The quantitative estimate of drug-likeness (QED) is 0.869. The molecule has 2 atom stereocenters. The van der Waals surface area contributed by atoms with Gasteiger partial charge in [-0.3, -0.25) is 4.90 Å². The van der Waals surface area contributed by atoms with Gasteiger partial charge in [-0.25, -0.2) is 0 Å². The second-order valence-electron chi connectivity index (χ2n) is 8.00. The number of rotatable bonds is 4. The Kier molecular flexibility index (Phi) is 5.48. The Morgan fingerprint density at radius 1 is 1.11 bits per heavy atom. The average molecular weight is 367 g/mol. The van der Waals surface area contributed by atoms with E-state index in [2.05, 4.69) is 41.3 Å². The average Bonchev–Trinajstić information content (AvgIpc) is 2.71. The lowest BCUT2D eigenvalue weighted by Crippen LogP contribution is -2.41. The fraction of sp³-hybridized carbons (Fsp3) is 0.478. The molecule has 2 aromatic rings. The normalized spacial score (nSPS) is 23.9. The molecule has 0 aromatic heterocycles. The molecular weight excluding hydrogens is 336 g/mol. The monoisotopic (exact) mass is 366 g/mol. The van der Waals surface area contributed by atoms with Gasteiger partial charge in [-0.2, -0.15) is 0 Å². The Bertz CT molecular complexity index is 769. The number of hydrogen-bond donors (Lipinski definition) is 2. The van der Waals surface area contributed by atoms with Crippen LogP contribution in [0.25, 0.3) is 0 Å². The number of benzene rings is 2. The number of aromatic hydroxyl groups is 1. The van der Waals surface area contributed by atoms with Crippen molar-refractivity contribution in [1.82, 2.24) is 4.90 Å². The highest BCUT2D eigenvalue weighted by molar-refractivity contribution is 5.47. The summed E-state index contributed by atoms with van der Waals surface area (Å²) in [6, 6.07) is 14.7. The van der Waals surface area contributed by atoms with Gasteiger partial charge in [0, 0.05) is 25.1 Å². The predicted molar refractivity (Wildman–Crippen MR) is 108 cm³/mol. The van der Waals surface area contributed by atoms with Crippen LogP contribution in [0.1, 0.15) is 41.2 Å². The highest BCUT2D eigenvalue weighted by Gasteiger charge is 2.35. The van der Waals surface area contributed by atoms with Gasteiger partial charge in [0.25, 0.3) is 0 Å². The van der Waals surface area contributed by atoms with Crippen LogP contribution < -0.4 is 5.73 Å². The zero-order valence-electron chi connectivity index (χ0n) is 16.1. The summed E-state index contributed by atoms with van der Waals surface area (Å²) in [4.78, 5) is 2.53. The van der Waals surface area contributed by atoms with Crippen LogP contribution in [-0.4, -0.2) is 35.7 Å². The molecule has 2 aliphatic rings. The van der Waals surface area contributed by atoms with E-state index in [1.54, 1.807) is 0 Å². The van der Waals surface area contributed by atoms with E-state index in [9.17, 15) is 5.11 Å². The van der Waals surface area contributed by atoms with Crippen molar-refractivity contribution in [3.05, 3.63) is 64.7 Å². The van der Waals surface area contributed by atoms with Crippen molar-refractivity contribution in [1.29, 1.82) is 0 Å². The molecule has 4 nitrogen and oxygen atoms in total. The van der Waals surface area contributed by atoms with Crippen LogP contribution in [0.4, 0.5) is 0 Å². The smallest absolute Gasteiger partial charge is 0.122 e. The van der Waals surface area contributed by atoms with Gasteiger partial charge in [-0.1, -0.05) is 42.5 Å². The molecule has 4 rings (SSSR count). The molecule has 144 valence electrons. The van der Waals surface area contributed by atoms with E-state index in [4.69, 9.17) is 10.5 Å². The second kappa shape index (κ2) is 8.01. The molecular formula is C23H30N2O2. The van der Waals surface area contributed by atoms with Crippen LogP contribution >= 0.6 is 0 Å². The largest absolute Gasteiger partial charge is 0.507 e. The van der Waals surface area contributed by atoms with Gasteiger partial charge in [-0.15, -0.1) is 0 Å². The molecule has 2 heterocycles. The van der Waals surface area contributed by atoms with E-state index < -0.39 is 0 Å². The fourth-order valence-corrected chi connectivity index (χ4v) is 4.60. The first-order valence-corrected chi connectivity index (χ1v) is 10.1. The van der Waals surface area contributed by atoms with E-state index in [0.717, 1.165) is 55.6 Å². The van der Waals surface area contributed by atoms with E-state index in [-0.39, 0.29) is 12.2 Å². The lowest BCUT2D eigenvalue weighted by molar-refractivity contribution is -0.0651. The van der Waals surface area contributed by atoms with Crippen LogP contribution in [0.3, 0.4) is 0 Å². The van der Waals surface area contributed by atoms with Crippen molar-refractivity contribution in [2.24, 2.45) is 11.7 Å². The fourth-order valence-electron chi connectivity index (χ4n) is 4.60. The summed E-state index contributed by atoms with van der Waals surface area (Å²) in [5, 5.41) is 10.6. The van der Waals surface area contributed by atoms with Crippen LogP contribution in [0, 0.1) is 12.8 Å². The molecule has 2 aromatic carbocycles. The van der Waals surface area contributed by atoms with Crippen molar-refractivity contribution in [2.75, 3.05) is 19.6 Å². The molecule has 0 saturated carbocycles. The summed E-state index contributed by atoms with van der Waals surface area (Å²) in [5.74, 6) is 0.958. The van der Waals surface area contributed by atoms with Gasteiger partial charge >= 0.3 is 0 Å². The first-order valence-electron chi connectivity index (χ1n) is 10.1. The number of fused-ring (bicyclic) bond motifs is 1. The van der Waals surface area contributed by atoms with Crippen LogP contribution in [-0.2, 0) is 17.7 Å². The van der Waals surface area contributed by atoms with Gasteiger partial charge < -0.3 is 15.6 Å². The van der Waals surface area contributed by atoms with E-state index >= 15 is 0 Å². The van der Waals surface area contributed by atoms with Gasteiger partial charge in [0.05, 0.1) is 12.2 Å². The van der Waals surface area contributed by atoms with Crippen LogP contribution in [0.2, 0.25) is 0 Å². The maximum absolute atomic E-state index is 10.6. The molecule has 1 fully saturated rings. The standard InChI is InChI=1S/C23H30N2O2/c1-16-7-8-19-20(23(16)26)13-21(27-22(19)14-24)18-9-11-25(12-10-18)15-17-5-3-2-4-6-17/h2-8,18,21-22,26H,9-15,24H2,1H3/t21-,22-/m0/s1. The van der Waals surface area contributed by atoms with E-state index in [0.29, 0.717) is 18.2 Å². The molecule has 3 N–H and O–H groups in total. The third-order valence-electron chi connectivity index (χ3n) is 6.23. The molecule has 0 amide bonds. The zero-order chi connectivity index (χ0) is 18.8. The lowest BCUT2D eigenvalue weighted by Gasteiger charge is -2.40. The molecule has 1 saturated heterocycles.